The maximum absolute atomic E-state index is 13.0. The van der Waals surface area contributed by atoms with Gasteiger partial charge in [-0.05, 0) is 43.4 Å². The van der Waals surface area contributed by atoms with Crippen molar-refractivity contribution in [1.29, 1.82) is 0 Å². The number of carbonyl (C=O) groups is 2. The molecule has 154 valence electrons. The summed E-state index contributed by atoms with van der Waals surface area (Å²) in [4.78, 5) is 25.7. The lowest BCUT2D eigenvalue weighted by molar-refractivity contribution is -0.139. The maximum Gasteiger partial charge on any atom is 0.225 e. The molecule has 2 heterocycles. The van der Waals surface area contributed by atoms with Crippen LogP contribution in [-0.2, 0) is 25.4 Å². The van der Waals surface area contributed by atoms with Crippen LogP contribution in [0.3, 0.4) is 0 Å². The molecule has 0 aromatic heterocycles. The highest BCUT2D eigenvalue weighted by Crippen LogP contribution is 2.26. The van der Waals surface area contributed by atoms with Crippen LogP contribution in [0.5, 0.6) is 0 Å². The number of amides is 2. The van der Waals surface area contributed by atoms with E-state index in [-0.39, 0.29) is 29.4 Å². The SMILES string of the molecule is NC(=O)C1CCN(C(=O)C2CCN(S(=O)(=O)Cc3ccc(F)cc3)CC2)CC1. The predicted octanol–water partition coefficient (Wildman–Crippen LogP) is 1.09. The Morgan fingerprint density at radius 3 is 2.04 bits per heavy atom. The number of primary amides is 1. The minimum Gasteiger partial charge on any atom is -0.369 e. The van der Waals surface area contributed by atoms with E-state index in [2.05, 4.69) is 0 Å². The predicted molar refractivity (Wildman–Crippen MR) is 102 cm³/mol. The van der Waals surface area contributed by atoms with Gasteiger partial charge >= 0.3 is 0 Å². The quantitative estimate of drug-likeness (QED) is 0.784. The van der Waals surface area contributed by atoms with Crippen molar-refractivity contribution in [1.82, 2.24) is 9.21 Å². The number of nitrogens with zero attached hydrogens (tertiary/aromatic N) is 2. The van der Waals surface area contributed by atoms with Crippen molar-refractivity contribution in [2.75, 3.05) is 26.2 Å². The molecule has 7 nitrogen and oxygen atoms in total. The fraction of sp³-hybridized carbons (Fsp3) is 0.579. The molecule has 0 aliphatic carbocycles. The van der Waals surface area contributed by atoms with Crippen LogP contribution in [0.1, 0.15) is 31.2 Å². The largest absolute Gasteiger partial charge is 0.369 e. The Morgan fingerprint density at radius 2 is 1.50 bits per heavy atom. The third-order valence-corrected chi connectivity index (χ3v) is 7.52. The highest BCUT2D eigenvalue weighted by Gasteiger charge is 2.34. The van der Waals surface area contributed by atoms with E-state index >= 15 is 0 Å². The van der Waals surface area contributed by atoms with Crippen LogP contribution in [0, 0.1) is 17.7 Å². The fourth-order valence-corrected chi connectivity index (χ4v) is 5.47. The summed E-state index contributed by atoms with van der Waals surface area (Å²) in [6.07, 6.45) is 2.15. The molecule has 2 amide bonds. The number of hydrogen-bond acceptors (Lipinski definition) is 4. The molecule has 0 unspecified atom stereocenters. The van der Waals surface area contributed by atoms with Gasteiger partial charge in [0.05, 0.1) is 5.75 Å². The Morgan fingerprint density at radius 1 is 0.964 bits per heavy atom. The Balaban J connectivity index is 1.51. The number of piperidine rings is 2. The third-order valence-electron chi connectivity index (χ3n) is 5.67. The van der Waals surface area contributed by atoms with Crippen LogP contribution in [0.15, 0.2) is 24.3 Å². The van der Waals surface area contributed by atoms with Crippen molar-refractivity contribution in [2.24, 2.45) is 17.6 Å². The number of carbonyl (C=O) groups excluding carboxylic acids is 2. The summed E-state index contributed by atoms with van der Waals surface area (Å²) >= 11 is 0. The average Bonchev–Trinajstić information content (AvgIpc) is 2.69. The summed E-state index contributed by atoms with van der Waals surface area (Å²) < 4.78 is 39.6. The van der Waals surface area contributed by atoms with Gasteiger partial charge in [-0.3, -0.25) is 9.59 Å². The minimum atomic E-state index is -3.51. The first-order chi connectivity index (χ1) is 13.3. The second kappa shape index (κ2) is 8.57. The topological polar surface area (TPSA) is 101 Å². The van der Waals surface area contributed by atoms with E-state index in [9.17, 15) is 22.4 Å². The first-order valence-electron chi connectivity index (χ1n) is 9.56. The van der Waals surface area contributed by atoms with Gasteiger partial charge in [0, 0.05) is 38.0 Å². The van der Waals surface area contributed by atoms with Crippen LogP contribution in [0.25, 0.3) is 0 Å². The molecule has 0 atom stereocenters. The molecule has 2 saturated heterocycles. The second-order valence-electron chi connectivity index (χ2n) is 7.56. The standard InChI is InChI=1S/C19H26FN3O4S/c20-17-3-1-14(2-4-17)13-28(26,27)23-11-7-16(8-12-23)19(25)22-9-5-15(6-10-22)18(21)24/h1-4,15-16H,5-13H2,(H2,21,24). The lowest BCUT2D eigenvalue weighted by Crippen LogP contribution is -2.47. The molecule has 3 rings (SSSR count). The molecule has 9 heteroatoms. The molecule has 0 saturated carbocycles. The zero-order valence-corrected chi connectivity index (χ0v) is 16.5. The van der Waals surface area contributed by atoms with Gasteiger partial charge in [-0.2, -0.15) is 0 Å². The Kier molecular flexibility index (Phi) is 6.34. The molecule has 2 fully saturated rings. The smallest absolute Gasteiger partial charge is 0.225 e. The van der Waals surface area contributed by atoms with E-state index < -0.39 is 15.8 Å². The van der Waals surface area contributed by atoms with Gasteiger partial charge in [-0.25, -0.2) is 17.1 Å². The second-order valence-corrected chi connectivity index (χ2v) is 9.53. The number of likely N-dealkylation sites (tertiary alicyclic amines) is 1. The number of halogens is 1. The molecular formula is C19H26FN3O4S. The molecule has 2 aliphatic rings. The summed E-state index contributed by atoms with van der Waals surface area (Å²) in [5.74, 6) is -1.21. The number of sulfonamides is 1. The average molecular weight is 411 g/mol. The lowest BCUT2D eigenvalue weighted by atomic mass is 9.92. The molecule has 0 radical (unpaired) electrons. The summed E-state index contributed by atoms with van der Waals surface area (Å²) in [6, 6.07) is 5.44. The van der Waals surface area contributed by atoms with Gasteiger partial charge in [-0.15, -0.1) is 0 Å². The third kappa shape index (κ3) is 4.88. The van der Waals surface area contributed by atoms with Crippen molar-refractivity contribution < 1.29 is 22.4 Å². The zero-order chi connectivity index (χ0) is 20.3. The minimum absolute atomic E-state index is 0.0403. The molecule has 0 spiro atoms. The molecule has 1 aromatic rings. The molecule has 2 aliphatic heterocycles. The van der Waals surface area contributed by atoms with E-state index in [4.69, 9.17) is 5.73 Å². The number of nitrogens with two attached hydrogens (primary N) is 1. The summed E-state index contributed by atoms with van der Waals surface area (Å²) in [6.45, 7) is 1.65. The van der Waals surface area contributed by atoms with Crippen LogP contribution in [0.2, 0.25) is 0 Å². The number of hydrogen-bond donors (Lipinski definition) is 1. The molecular weight excluding hydrogens is 385 g/mol. The normalized spacial score (nSPS) is 20.2. The summed E-state index contributed by atoms with van der Waals surface area (Å²) in [5, 5.41) is 0. The number of rotatable bonds is 5. The van der Waals surface area contributed by atoms with E-state index in [1.165, 1.54) is 28.6 Å². The van der Waals surface area contributed by atoms with Gasteiger partial charge in [0.15, 0.2) is 0 Å². The first kappa shape index (κ1) is 20.7. The van der Waals surface area contributed by atoms with Crippen LogP contribution in [-0.4, -0.2) is 55.6 Å². The van der Waals surface area contributed by atoms with Gasteiger partial charge in [0.25, 0.3) is 0 Å². The Bertz CT molecular complexity index is 812. The van der Waals surface area contributed by atoms with Gasteiger partial charge in [-0.1, -0.05) is 12.1 Å². The maximum atomic E-state index is 13.0. The van der Waals surface area contributed by atoms with Crippen molar-refractivity contribution in [2.45, 2.75) is 31.4 Å². The van der Waals surface area contributed by atoms with Gasteiger partial charge in [0.2, 0.25) is 21.8 Å². The van der Waals surface area contributed by atoms with Crippen molar-refractivity contribution in [3.63, 3.8) is 0 Å². The van der Waals surface area contributed by atoms with E-state index in [1.54, 1.807) is 4.90 Å². The molecule has 0 bridgehead atoms. The van der Waals surface area contributed by atoms with E-state index in [0.717, 1.165) is 0 Å². The molecule has 2 N–H and O–H groups in total. The van der Waals surface area contributed by atoms with Crippen LogP contribution in [0.4, 0.5) is 4.39 Å². The van der Waals surface area contributed by atoms with Crippen LogP contribution < -0.4 is 5.73 Å². The number of benzene rings is 1. The monoisotopic (exact) mass is 411 g/mol. The highest BCUT2D eigenvalue weighted by atomic mass is 32.2. The fourth-order valence-electron chi connectivity index (χ4n) is 3.91. The van der Waals surface area contributed by atoms with Crippen LogP contribution >= 0.6 is 0 Å². The van der Waals surface area contributed by atoms with Crippen molar-refractivity contribution >= 4 is 21.8 Å². The van der Waals surface area contributed by atoms with Gasteiger partial charge < -0.3 is 10.6 Å². The Labute approximate surface area is 164 Å². The molecule has 1 aromatic carbocycles. The summed E-state index contributed by atoms with van der Waals surface area (Å²) in [7, 11) is -3.51. The highest BCUT2D eigenvalue weighted by molar-refractivity contribution is 7.88. The van der Waals surface area contributed by atoms with Crippen molar-refractivity contribution in [3.05, 3.63) is 35.6 Å². The van der Waals surface area contributed by atoms with E-state index in [1.807, 2.05) is 0 Å². The Hall–Kier alpha value is -2.00. The van der Waals surface area contributed by atoms with E-state index in [0.29, 0.717) is 57.4 Å². The summed E-state index contributed by atoms with van der Waals surface area (Å²) in [5.41, 5.74) is 5.87. The lowest BCUT2D eigenvalue weighted by Gasteiger charge is -2.36. The zero-order valence-electron chi connectivity index (χ0n) is 15.7. The van der Waals surface area contributed by atoms with Gasteiger partial charge in [0.1, 0.15) is 5.82 Å². The molecule has 28 heavy (non-hydrogen) atoms. The van der Waals surface area contributed by atoms with Crippen molar-refractivity contribution in [3.8, 4) is 0 Å². The first-order valence-corrected chi connectivity index (χ1v) is 11.2.